The number of nitrogens with zero attached hydrogens (tertiary/aromatic N) is 2. The number of carbonyl (C=O) groups is 6. The zero-order valence-electron chi connectivity index (χ0n) is 24.3. The van der Waals surface area contributed by atoms with E-state index in [0.29, 0.717) is 16.3 Å². The van der Waals surface area contributed by atoms with E-state index in [-0.39, 0.29) is 29.8 Å². The summed E-state index contributed by atoms with van der Waals surface area (Å²) in [6.07, 6.45) is -0.989. The number of Topliss-reactive ketones (excluding diaryl/α,β-unsaturated/α-hetero) is 4. The predicted molar refractivity (Wildman–Crippen MR) is 157 cm³/mol. The van der Waals surface area contributed by atoms with Gasteiger partial charge in [-0.15, -0.1) is 0 Å². The predicted octanol–water partition coefficient (Wildman–Crippen LogP) is 1.20. The Morgan fingerprint density at radius 1 is 1.07 bits per heavy atom. The van der Waals surface area contributed by atoms with Crippen LogP contribution in [0.15, 0.2) is 30.3 Å². The quantitative estimate of drug-likeness (QED) is 0.275. The maximum Gasteiger partial charge on any atom is 0.417 e. The van der Waals surface area contributed by atoms with E-state index in [1.807, 2.05) is 0 Å². The first-order valence-electron chi connectivity index (χ1n) is 13.7. The fourth-order valence-electron chi connectivity index (χ4n) is 6.89. The third-order valence-electron chi connectivity index (χ3n) is 8.78. The normalized spacial score (nSPS) is 27.8. The first kappa shape index (κ1) is 31.1. The van der Waals surface area contributed by atoms with E-state index >= 15 is 0 Å². The molecule has 2 fully saturated rings. The van der Waals surface area contributed by atoms with Crippen LogP contribution in [0.25, 0.3) is 0 Å². The Bertz CT molecular complexity index is 1620. The summed E-state index contributed by atoms with van der Waals surface area (Å²) in [6.45, 7) is 0. The van der Waals surface area contributed by atoms with Crippen LogP contribution < -0.4 is 20.7 Å². The van der Waals surface area contributed by atoms with E-state index < -0.39 is 76.2 Å². The van der Waals surface area contributed by atoms with E-state index in [4.69, 9.17) is 22.1 Å². The van der Waals surface area contributed by atoms with Crippen LogP contribution in [-0.4, -0.2) is 90.1 Å². The number of carbonyl (C=O) groups excluding carboxylic acids is 6. The van der Waals surface area contributed by atoms with Crippen molar-refractivity contribution in [1.82, 2.24) is 4.90 Å². The highest BCUT2D eigenvalue weighted by atomic mass is 35.5. The number of ketones is 4. The maximum atomic E-state index is 14.1. The van der Waals surface area contributed by atoms with Crippen LogP contribution in [0.2, 0.25) is 5.02 Å². The molecular formula is C30H31ClN4O9. The smallest absolute Gasteiger partial charge is 0.417 e. The van der Waals surface area contributed by atoms with Crippen LogP contribution in [0, 0.1) is 23.7 Å². The SMILES string of the molecule is CN(C)c1cc(NC(=O)Oc2ccc(Cl)cc2)c(O)c2c1C[C@H]1C[C@H]3[C@H](N(C)C)C(=O)C(C(N)=O)C(=O)[C@@]3(O)C(=O)C1C2=O. The summed E-state index contributed by atoms with van der Waals surface area (Å²) in [4.78, 5) is 82.8. The van der Waals surface area contributed by atoms with Crippen LogP contribution in [0.3, 0.4) is 0 Å². The van der Waals surface area contributed by atoms with Crippen molar-refractivity contribution in [2.75, 3.05) is 38.4 Å². The van der Waals surface area contributed by atoms with Crippen molar-refractivity contribution in [2.45, 2.75) is 24.5 Å². The van der Waals surface area contributed by atoms with Gasteiger partial charge in [-0.1, -0.05) is 11.6 Å². The van der Waals surface area contributed by atoms with E-state index in [2.05, 4.69) is 5.32 Å². The molecule has 232 valence electrons. The van der Waals surface area contributed by atoms with Gasteiger partial charge >= 0.3 is 6.09 Å². The number of primary amides is 1. The number of nitrogens with one attached hydrogen (secondary N) is 1. The molecule has 0 saturated heterocycles. The molecule has 0 aromatic heterocycles. The Balaban J connectivity index is 1.57. The number of halogens is 1. The van der Waals surface area contributed by atoms with Crippen molar-refractivity contribution in [3.05, 3.63) is 46.5 Å². The number of amides is 2. The zero-order chi connectivity index (χ0) is 32.4. The number of aliphatic hydroxyl groups is 1. The third kappa shape index (κ3) is 4.71. The number of benzene rings is 2. The van der Waals surface area contributed by atoms with Gasteiger partial charge in [-0.3, -0.25) is 34.2 Å². The molecule has 0 bridgehead atoms. The van der Waals surface area contributed by atoms with Gasteiger partial charge in [-0.2, -0.15) is 0 Å². The molecule has 5 N–H and O–H groups in total. The minimum absolute atomic E-state index is 0.0718. The fraction of sp³-hybridized carbons (Fsp3) is 0.400. The number of phenols is 1. The molecule has 14 heteroatoms. The molecule has 2 saturated carbocycles. The Hall–Kier alpha value is -4.33. The molecule has 0 spiro atoms. The van der Waals surface area contributed by atoms with Gasteiger partial charge in [0.15, 0.2) is 34.7 Å². The summed E-state index contributed by atoms with van der Waals surface area (Å²) >= 11 is 5.87. The number of fused-ring (bicyclic) bond motifs is 3. The molecule has 0 heterocycles. The van der Waals surface area contributed by atoms with E-state index in [1.54, 1.807) is 19.0 Å². The van der Waals surface area contributed by atoms with Gasteiger partial charge < -0.3 is 25.6 Å². The highest BCUT2D eigenvalue weighted by Crippen LogP contribution is 2.52. The Morgan fingerprint density at radius 2 is 1.70 bits per heavy atom. The van der Waals surface area contributed by atoms with Crippen LogP contribution in [0.4, 0.5) is 16.2 Å². The molecule has 2 aromatic carbocycles. The van der Waals surface area contributed by atoms with Crippen LogP contribution in [0.1, 0.15) is 22.3 Å². The molecular weight excluding hydrogens is 596 g/mol. The molecule has 6 atom stereocenters. The third-order valence-corrected chi connectivity index (χ3v) is 9.03. The lowest BCUT2D eigenvalue weighted by Crippen LogP contribution is -2.74. The summed E-state index contributed by atoms with van der Waals surface area (Å²) in [7, 11) is 6.41. The molecule has 2 unspecified atom stereocenters. The first-order valence-corrected chi connectivity index (χ1v) is 14.1. The van der Waals surface area contributed by atoms with E-state index in [0.717, 1.165) is 0 Å². The summed E-state index contributed by atoms with van der Waals surface area (Å²) in [5, 5.41) is 25.9. The molecule has 2 aromatic rings. The Morgan fingerprint density at radius 3 is 2.27 bits per heavy atom. The largest absolute Gasteiger partial charge is 0.505 e. The highest BCUT2D eigenvalue weighted by molar-refractivity contribution is 6.32. The monoisotopic (exact) mass is 626 g/mol. The molecule has 0 radical (unpaired) electrons. The van der Waals surface area contributed by atoms with Gasteiger partial charge in [0.2, 0.25) is 5.91 Å². The summed E-state index contributed by atoms with van der Waals surface area (Å²) < 4.78 is 5.24. The molecule has 13 nitrogen and oxygen atoms in total. The van der Waals surface area contributed by atoms with Gasteiger partial charge in [0.1, 0.15) is 11.5 Å². The number of aromatic hydroxyl groups is 1. The summed E-state index contributed by atoms with van der Waals surface area (Å²) in [5.41, 5.74) is 2.92. The number of rotatable bonds is 5. The van der Waals surface area contributed by atoms with Crippen LogP contribution in [0.5, 0.6) is 11.5 Å². The second-order valence-corrected chi connectivity index (χ2v) is 12.2. The van der Waals surface area contributed by atoms with Gasteiger partial charge in [0.05, 0.1) is 23.2 Å². The number of phenolic OH excluding ortho intramolecular Hbond substituents is 1. The lowest BCUT2D eigenvalue weighted by Gasteiger charge is -2.52. The van der Waals surface area contributed by atoms with E-state index in [1.165, 1.54) is 49.3 Å². The second kappa shape index (κ2) is 11.0. The van der Waals surface area contributed by atoms with Gasteiger partial charge in [-0.25, -0.2) is 4.79 Å². The van der Waals surface area contributed by atoms with Crippen LogP contribution in [-0.2, 0) is 25.6 Å². The number of ether oxygens (including phenoxy) is 1. The molecule has 2 amide bonds. The fourth-order valence-corrected chi connectivity index (χ4v) is 7.02. The highest BCUT2D eigenvalue weighted by Gasteiger charge is 2.69. The van der Waals surface area contributed by atoms with Crippen molar-refractivity contribution in [2.24, 2.45) is 29.4 Å². The summed E-state index contributed by atoms with van der Waals surface area (Å²) in [5.74, 6) is -11.6. The van der Waals surface area contributed by atoms with Crippen molar-refractivity contribution in [1.29, 1.82) is 0 Å². The zero-order valence-corrected chi connectivity index (χ0v) is 25.0. The average Bonchev–Trinajstić information content (AvgIpc) is 2.93. The number of likely N-dealkylation sites (N-methyl/N-ethyl adjacent to an activating group) is 1. The first-order chi connectivity index (χ1) is 20.6. The Labute approximate surface area is 256 Å². The topological polar surface area (TPSA) is 197 Å². The molecule has 44 heavy (non-hydrogen) atoms. The van der Waals surface area contributed by atoms with Gasteiger partial charge in [0, 0.05) is 30.7 Å². The van der Waals surface area contributed by atoms with Crippen molar-refractivity contribution in [3.63, 3.8) is 0 Å². The van der Waals surface area contributed by atoms with Gasteiger partial charge in [0.25, 0.3) is 0 Å². The molecule has 5 rings (SSSR count). The lowest BCUT2D eigenvalue weighted by molar-refractivity contribution is -0.181. The van der Waals surface area contributed by atoms with Crippen molar-refractivity contribution in [3.8, 4) is 11.5 Å². The number of hydrogen-bond acceptors (Lipinski definition) is 11. The van der Waals surface area contributed by atoms with E-state index in [9.17, 15) is 39.0 Å². The van der Waals surface area contributed by atoms with Gasteiger partial charge in [-0.05, 0) is 68.8 Å². The Kier molecular flexibility index (Phi) is 7.77. The lowest BCUT2D eigenvalue weighted by atomic mass is 9.52. The number of nitrogens with two attached hydrogens (primary N) is 1. The minimum Gasteiger partial charge on any atom is -0.505 e. The molecule has 3 aliphatic carbocycles. The minimum atomic E-state index is -2.84. The standard InChI is InChI=1S/C30H31ClN4O9/c1-34(2)18-11-17(33-29(42)44-14-7-5-13(31)6-8-14)23(36)20-15(18)9-12-10-16-22(35(3)4)25(38)21(28(32)41)27(40)30(16,43)26(39)19(12)24(20)37/h5-8,11-12,16,19,21-22,36,43H,9-10H2,1-4H3,(H2,32,41)(H,33,42)/t12-,16-,19?,21?,22-,30-/m0/s1. The van der Waals surface area contributed by atoms with Crippen molar-refractivity contribution < 1.29 is 43.7 Å². The van der Waals surface area contributed by atoms with Crippen LogP contribution >= 0.6 is 11.6 Å². The van der Waals surface area contributed by atoms with Crippen molar-refractivity contribution >= 4 is 58.1 Å². The number of anilines is 2. The average molecular weight is 627 g/mol. The molecule has 3 aliphatic rings. The summed E-state index contributed by atoms with van der Waals surface area (Å²) in [6, 6.07) is 6.20. The molecule has 0 aliphatic heterocycles. The second-order valence-electron chi connectivity index (χ2n) is 11.8. The maximum absolute atomic E-state index is 14.1. The number of hydrogen-bond donors (Lipinski definition) is 4.